The Kier molecular flexibility index (Phi) is 3.82. The maximum absolute atomic E-state index is 6.08. The predicted octanol–water partition coefficient (Wildman–Crippen LogP) is 2.36. The molecule has 0 aliphatic heterocycles. The summed E-state index contributed by atoms with van der Waals surface area (Å²) < 4.78 is 7.22. The summed E-state index contributed by atoms with van der Waals surface area (Å²) in [7, 11) is 1.71. The summed E-state index contributed by atoms with van der Waals surface area (Å²) in [5, 5.41) is 8.70. The summed E-state index contributed by atoms with van der Waals surface area (Å²) in [5.74, 6) is 0.902. The third-order valence-corrected chi connectivity index (χ3v) is 3.47. The third kappa shape index (κ3) is 2.33. The van der Waals surface area contributed by atoms with Gasteiger partial charge in [-0.3, -0.25) is 4.40 Å². The molecule has 0 saturated carbocycles. The molecule has 18 heavy (non-hydrogen) atoms. The van der Waals surface area contributed by atoms with E-state index in [2.05, 4.69) is 15.2 Å². The molecule has 5 nitrogen and oxygen atoms in total. The summed E-state index contributed by atoms with van der Waals surface area (Å²) in [6.45, 7) is 5.97. The second-order valence-electron chi connectivity index (χ2n) is 4.43. The van der Waals surface area contributed by atoms with E-state index in [1.54, 1.807) is 7.11 Å². The van der Waals surface area contributed by atoms with Gasteiger partial charge < -0.3 is 4.74 Å². The number of halogens is 1. The molecule has 0 radical (unpaired) electrons. The van der Waals surface area contributed by atoms with E-state index in [4.69, 9.17) is 16.3 Å². The van der Waals surface area contributed by atoms with Crippen LogP contribution in [0.25, 0.3) is 5.65 Å². The predicted molar refractivity (Wildman–Crippen MR) is 70.1 cm³/mol. The molecule has 2 aromatic rings. The minimum atomic E-state index is 0.205. The van der Waals surface area contributed by atoms with E-state index in [1.807, 2.05) is 25.2 Å². The van der Waals surface area contributed by atoms with Crippen molar-refractivity contribution in [3.8, 4) is 0 Å². The lowest BCUT2D eigenvalue weighted by molar-refractivity contribution is 0.110. The Morgan fingerprint density at radius 3 is 2.72 bits per heavy atom. The van der Waals surface area contributed by atoms with E-state index >= 15 is 0 Å². The van der Waals surface area contributed by atoms with Crippen molar-refractivity contribution in [3.05, 3.63) is 22.4 Å². The summed E-state index contributed by atoms with van der Waals surface area (Å²) in [5.41, 5.74) is 2.55. The average molecular weight is 269 g/mol. The van der Waals surface area contributed by atoms with Gasteiger partial charge in [0.1, 0.15) is 5.82 Å². The van der Waals surface area contributed by atoms with E-state index < -0.39 is 0 Å². The highest BCUT2D eigenvalue weighted by Gasteiger charge is 2.14. The Morgan fingerprint density at radius 1 is 1.33 bits per heavy atom. The number of methoxy groups -OCH3 is 1. The Morgan fingerprint density at radius 2 is 2.06 bits per heavy atom. The monoisotopic (exact) mass is 268 g/mol. The lowest BCUT2D eigenvalue weighted by atomic mass is 10.2. The highest BCUT2D eigenvalue weighted by atomic mass is 35.5. The molecule has 0 aliphatic carbocycles. The first-order valence-corrected chi connectivity index (χ1v) is 6.32. The molecule has 0 aromatic carbocycles. The molecule has 2 heterocycles. The fourth-order valence-corrected chi connectivity index (χ4v) is 2.10. The summed E-state index contributed by atoms with van der Waals surface area (Å²) >= 11 is 6.08. The average Bonchev–Trinajstić information content (AvgIpc) is 2.77. The van der Waals surface area contributed by atoms with Crippen molar-refractivity contribution in [2.75, 3.05) is 7.11 Å². The second-order valence-corrected chi connectivity index (χ2v) is 4.79. The zero-order chi connectivity index (χ0) is 13.3. The van der Waals surface area contributed by atoms with Crippen LogP contribution in [-0.4, -0.2) is 32.8 Å². The van der Waals surface area contributed by atoms with Gasteiger partial charge in [0.25, 0.3) is 0 Å². The third-order valence-electron chi connectivity index (χ3n) is 3.22. The minimum absolute atomic E-state index is 0.205. The molecule has 98 valence electrons. The van der Waals surface area contributed by atoms with E-state index in [0.29, 0.717) is 10.8 Å². The fourth-order valence-electron chi connectivity index (χ4n) is 1.85. The van der Waals surface area contributed by atoms with Crippen LogP contribution >= 0.6 is 11.6 Å². The van der Waals surface area contributed by atoms with Gasteiger partial charge in [-0.15, -0.1) is 10.2 Å². The maximum Gasteiger partial charge on any atom is 0.198 e. The smallest absolute Gasteiger partial charge is 0.198 e. The molecule has 1 atom stereocenters. The van der Waals surface area contributed by atoms with Crippen LogP contribution in [0, 0.1) is 13.8 Å². The number of nitrogens with zero attached hydrogens (tertiary/aromatic N) is 4. The van der Waals surface area contributed by atoms with Gasteiger partial charge in [0.2, 0.25) is 0 Å². The van der Waals surface area contributed by atoms with Crippen LogP contribution in [0.5, 0.6) is 0 Å². The molecule has 0 saturated heterocycles. The second kappa shape index (κ2) is 5.20. The quantitative estimate of drug-likeness (QED) is 0.854. The number of aromatic nitrogens is 4. The van der Waals surface area contributed by atoms with Gasteiger partial charge >= 0.3 is 0 Å². The fraction of sp³-hybridized carbons (Fsp3) is 0.583. The number of hydrogen-bond acceptors (Lipinski definition) is 4. The van der Waals surface area contributed by atoms with Crippen LogP contribution in [-0.2, 0) is 11.2 Å². The van der Waals surface area contributed by atoms with Crippen molar-refractivity contribution in [1.29, 1.82) is 0 Å². The van der Waals surface area contributed by atoms with Gasteiger partial charge in [0, 0.05) is 19.2 Å². The Balaban J connectivity index is 2.40. The lowest BCUT2D eigenvalue weighted by Gasteiger charge is -2.10. The summed E-state index contributed by atoms with van der Waals surface area (Å²) in [6, 6.07) is 0. The topological polar surface area (TPSA) is 52.3 Å². The zero-order valence-corrected chi connectivity index (χ0v) is 11.8. The van der Waals surface area contributed by atoms with Gasteiger partial charge in [0.15, 0.2) is 10.8 Å². The number of hydrogen-bond donors (Lipinski definition) is 0. The molecule has 2 aromatic heterocycles. The van der Waals surface area contributed by atoms with Crippen molar-refractivity contribution < 1.29 is 4.74 Å². The lowest BCUT2D eigenvalue weighted by Crippen LogP contribution is -2.09. The Bertz CT molecular complexity index is 567. The molecule has 1 unspecified atom stereocenters. The van der Waals surface area contributed by atoms with Crippen molar-refractivity contribution in [3.63, 3.8) is 0 Å². The maximum atomic E-state index is 6.08. The highest BCUT2D eigenvalue weighted by molar-refractivity contribution is 6.32. The first kappa shape index (κ1) is 13.2. The van der Waals surface area contributed by atoms with E-state index in [1.165, 1.54) is 0 Å². The molecule has 6 heteroatoms. The van der Waals surface area contributed by atoms with Gasteiger partial charge in [-0.25, -0.2) is 4.98 Å². The molecule has 0 fully saturated rings. The molecule has 2 rings (SSSR count). The SMILES string of the molecule is COC(C)CCc1nnc2c(Cl)nc(C)c(C)n12. The van der Waals surface area contributed by atoms with Crippen molar-refractivity contribution in [2.24, 2.45) is 0 Å². The van der Waals surface area contributed by atoms with Crippen molar-refractivity contribution >= 4 is 17.2 Å². The van der Waals surface area contributed by atoms with E-state index in [0.717, 1.165) is 30.1 Å². The minimum Gasteiger partial charge on any atom is -0.382 e. The standard InChI is InChI=1S/C12H17ClN4O/c1-7(18-4)5-6-10-15-16-12-11(13)14-8(2)9(3)17(10)12/h7H,5-6H2,1-4H3. The Labute approximate surface area is 111 Å². The van der Waals surface area contributed by atoms with Crippen LogP contribution in [0.4, 0.5) is 0 Å². The van der Waals surface area contributed by atoms with Crippen LogP contribution in [0.15, 0.2) is 0 Å². The normalized spacial score (nSPS) is 13.2. The molecular formula is C12H17ClN4O. The first-order chi connectivity index (χ1) is 8.54. The van der Waals surface area contributed by atoms with Crippen molar-refractivity contribution in [2.45, 2.75) is 39.7 Å². The molecule has 0 aliphatic rings. The molecule has 0 N–H and O–H groups in total. The largest absolute Gasteiger partial charge is 0.382 e. The van der Waals surface area contributed by atoms with Crippen molar-refractivity contribution in [1.82, 2.24) is 19.6 Å². The summed E-state index contributed by atoms with van der Waals surface area (Å²) in [4.78, 5) is 4.24. The number of fused-ring (bicyclic) bond motifs is 1. The molecule has 0 amide bonds. The number of aryl methyl sites for hydroxylation is 3. The first-order valence-electron chi connectivity index (χ1n) is 5.94. The van der Waals surface area contributed by atoms with Crippen LogP contribution in [0.3, 0.4) is 0 Å². The number of rotatable bonds is 4. The van der Waals surface area contributed by atoms with Gasteiger partial charge in [-0.2, -0.15) is 0 Å². The van der Waals surface area contributed by atoms with Crippen LogP contribution < -0.4 is 0 Å². The summed E-state index contributed by atoms with van der Waals surface area (Å²) in [6.07, 6.45) is 1.91. The number of ether oxygens (including phenoxy) is 1. The van der Waals surface area contributed by atoms with Gasteiger partial charge in [-0.1, -0.05) is 11.6 Å². The zero-order valence-electron chi connectivity index (χ0n) is 11.1. The van der Waals surface area contributed by atoms with E-state index in [-0.39, 0.29) is 6.10 Å². The molecule has 0 spiro atoms. The van der Waals surface area contributed by atoms with Crippen LogP contribution in [0.1, 0.15) is 30.6 Å². The Hall–Kier alpha value is -1.20. The van der Waals surface area contributed by atoms with Crippen LogP contribution in [0.2, 0.25) is 5.15 Å². The molecule has 0 bridgehead atoms. The van der Waals surface area contributed by atoms with E-state index in [9.17, 15) is 0 Å². The van der Waals surface area contributed by atoms with Gasteiger partial charge in [-0.05, 0) is 27.2 Å². The molecular weight excluding hydrogens is 252 g/mol. The van der Waals surface area contributed by atoms with Gasteiger partial charge in [0.05, 0.1) is 11.8 Å². The highest BCUT2D eigenvalue weighted by Crippen LogP contribution is 2.19.